The minimum Gasteiger partial charge on any atom is -0.373 e. The van der Waals surface area contributed by atoms with Crippen LogP contribution < -0.4 is 10.6 Å². The summed E-state index contributed by atoms with van der Waals surface area (Å²) in [6, 6.07) is 8.15. The van der Waals surface area contributed by atoms with Crippen molar-refractivity contribution in [2.75, 3.05) is 20.1 Å². The Hall–Kier alpha value is -1.35. The summed E-state index contributed by atoms with van der Waals surface area (Å²) in [7, 11) is 1.79. The normalized spacial score (nSPS) is 23.7. The van der Waals surface area contributed by atoms with Crippen molar-refractivity contribution in [1.29, 1.82) is 0 Å². The Kier molecular flexibility index (Phi) is 8.34. The summed E-state index contributed by atoms with van der Waals surface area (Å²) in [6.45, 7) is 6.13. The number of nitrogens with one attached hydrogen (secondary N) is 2. The number of rotatable bonds is 6. The molecule has 6 nitrogen and oxygen atoms in total. The van der Waals surface area contributed by atoms with E-state index in [-0.39, 0.29) is 29.9 Å². The Bertz CT molecular complexity index is 646. The van der Waals surface area contributed by atoms with Crippen LogP contribution in [0, 0.1) is 0 Å². The first-order valence-corrected chi connectivity index (χ1v) is 9.65. The molecule has 0 aromatic heterocycles. The van der Waals surface area contributed by atoms with E-state index < -0.39 is 0 Å². The van der Waals surface area contributed by atoms with E-state index in [4.69, 9.17) is 4.74 Å². The number of fused-ring (bicyclic) bond motifs is 2. The van der Waals surface area contributed by atoms with Gasteiger partial charge in [-0.2, -0.15) is 0 Å². The summed E-state index contributed by atoms with van der Waals surface area (Å²) in [5.41, 5.74) is 1.85. The van der Waals surface area contributed by atoms with Gasteiger partial charge in [0.05, 0.1) is 18.2 Å². The summed E-state index contributed by atoms with van der Waals surface area (Å²) < 4.78 is 5.89. The molecule has 0 spiro atoms. The van der Waals surface area contributed by atoms with Crippen LogP contribution in [0.1, 0.15) is 49.0 Å². The van der Waals surface area contributed by atoms with Crippen LogP contribution in [-0.2, 0) is 11.3 Å². The molecule has 2 aliphatic rings. The van der Waals surface area contributed by atoms with Gasteiger partial charge in [-0.05, 0) is 50.8 Å². The predicted octanol–water partition coefficient (Wildman–Crippen LogP) is 2.77. The van der Waals surface area contributed by atoms with Gasteiger partial charge >= 0.3 is 0 Å². The van der Waals surface area contributed by atoms with Crippen LogP contribution in [0.2, 0.25) is 0 Å². The summed E-state index contributed by atoms with van der Waals surface area (Å²) in [6.07, 6.45) is 4.14. The van der Waals surface area contributed by atoms with E-state index in [0.29, 0.717) is 24.8 Å². The van der Waals surface area contributed by atoms with Crippen molar-refractivity contribution in [3.05, 3.63) is 35.4 Å². The summed E-state index contributed by atoms with van der Waals surface area (Å²) in [5.74, 6) is 0.887. The van der Waals surface area contributed by atoms with Crippen molar-refractivity contribution in [2.45, 2.75) is 57.9 Å². The van der Waals surface area contributed by atoms with Gasteiger partial charge in [-0.25, -0.2) is 0 Å². The first kappa shape index (κ1) is 21.9. The average Bonchev–Trinajstić information content (AvgIpc) is 3.29. The first-order chi connectivity index (χ1) is 12.6. The second kappa shape index (κ2) is 10.3. The van der Waals surface area contributed by atoms with Crippen molar-refractivity contribution in [3.63, 3.8) is 0 Å². The van der Waals surface area contributed by atoms with Gasteiger partial charge in [-0.15, -0.1) is 24.0 Å². The number of nitrogens with zero attached hydrogens (tertiary/aromatic N) is 2. The third-order valence-electron chi connectivity index (χ3n) is 5.36. The molecular weight excluding hydrogens is 455 g/mol. The molecule has 1 aromatic rings. The minimum atomic E-state index is 0. The van der Waals surface area contributed by atoms with Gasteiger partial charge in [-0.1, -0.05) is 12.1 Å². The van der Waals surface area contributed by atoms with Crippen LogP contribution in [0.5, 0.6) is 0 Å². The molecule has 2 saturated heterocycles. The number of hydrogen-bond donors (Lipinski definition) is 2. The van der Waals surface area contributed by atoms with E-state index in [1.807, 2.05) is 43.0 Å². The molecule has 2 N–H and O–H groups in total. The van der Waals surface area contributed by atoms with E-state index in [9.17, 15) is 4.79 Å². The maximum absolute atomic E-state index is 12.4. The van der Waals surface area contributed by atoms with Gasteiger partial charge in [0, 0.05) is 32.2 Å². The molecule has 27 heavy (non-hydrogen) atoms. The van der Waals surface area contributed by atoms with Crippen LogP contribution in [0.25, 0.3) is 0 Å². The Balaban J connectivity index is 0.00000261. The van der Waals surface area contributed by atoms with Crippen LogP contribution in [0.3, 0.4) is 0 Å². The molecule has 2 aliphatic heterocycles. The molecular formula is C20H31IN4O2. The zero-order chi connectivity index (χ0) is 18.5. The highest BCUT2D eigenvalue weighted by Crippen LogP contribution is 2.34. The lowest BCUT2D eigenvalue weighted by molar-refractivity contribution is 0.0773. The quantitative estimate of drug-likeness (QED) is 0.369. The van der Waals surface area contributed by atoms with Crippen LogP contribution in [0.4, 0.5) is 0 Å². The van der Waals surface area contributed by atoms with Crippen LogP contribution in [0.15, 0.2) is 29.3 Å². The van der Waals surface area contributed by atoms with Crippen molar-refractivity contribution >= 4 is 35.8 Å². The molecule has 0 aliphatic carbocycles. The molecule has 3 rings (SSSR count). The number of carbonyl (C=O) groups excluding carboxylic acids is 1. The van der Waals surface area contributed by atoms with Crippen molar-refractivity contribution in [3.8, 4) is 0 Å². The number of halogens is 1. The minimum absolute atomic E-state index is 0. The molecule has 7 heteroatoms. The molecule has 1 aromatic carbocycles. The number of carbonyl (C=O) groups is 1. The van der Waals surface area contributed by atoms with E-state index in [2.05, 4.69) is 15.6 Å². The Morgan fingerprint density at radius 1 is 1.22 bits per heavy atom. The molecule has 2 heterocycles. The van der Waals surface area contributed by atoms with Crippen molar-refractivity contribution in [2.24, 2.45) is 4.99 Å². The highest BCUT2D eigenvalue weighted by molar-refractivity contribution is 14.0. The van der Waals surface area contributed by atoms with Gasteiger partial charge in [0.25, 0.3) is 5.91 Å². The lowest BCUT2D eigenvalue weighted by atomic mass is 9.96. The third kappa shape index (κ3) is 5.34. The molecule has 1 amide bonds. The van der Waals surface area contributed by atoms with E-state index >= 15 is 0 Å². The zero-order valence-electron chi connectivity index (χ0n) is 16.4. The molecule has 2 bridgehead atoms. The number of benzene rings is 1. The number of aliphatic imine (C=N–C) groups is 1. The molecule has 3 atom stereocenters. The standard InChI is InChI=1S/C20H30N4O2.HI/c1-4-24(5-2)19(25)15-8-6-14(7-9-15)13-22-20(21-3)23-17-12-16-10-11-18(17)26-16;/h6-9,16-18H,4-5,10-13H2,1-3H3,(H2,21,22,23);1H. The summed E-state index contributed by atoms with van der Waals surface area (Å²) >= 11 is 0. The fraction of sp³-hybridized carbons (Fsp3) is 0.600. The fourth-order valence-electron chi connectivity index (χ4n) is 3.80. The molecule has 150 valence electrons. The number of hydrogen-bond acceptors (Lipinski definition) is 3. The monoisotopic (exact) mass is 486 g/mol. The second-order valence-electron chi connectivity index (χ2n) is 6.96. The predicted molar refractivity (Wildman–Crippen MR) is 119 cm³/mol. The lowest BCUT2D eigenvalue weighted by Crippen LogP contribution is -2.47. The largest absolute Gasteiger partial charge is 0.373 e. The van der Waals surface area contributed by atoms with Gasteiger partial charge in [0.1, 0.15) is 0 Å². The van der Waals surface area contributed by atoms with Gasteiger partial charge in [0.15, 0.2) is 5.96 Å². The smallest absolute Gasteiger partial charge is 0.253 e. The third-order valence-corrected chi connectivity index (χ3v) is 5.36. The van der Waals surface area contributed by atoms with Gasteiger partial charge in [0.2, 0.25) is 0 Å². The maximum atomic E-state index is 12.4. The van der Waals surface area contributed by atoms with Crippen LogP contribution in [-0.4, -0.2) is 55.2 Å². The number of amides is 1. The van der Waals surface area contributed by atoms with E-state index in [1.165, 1.54) is 6.42 Å². The van der Waals surface area contributed by atoms with E-state index in [0.717, 1.165) is 43.0 Å². The molecule has 0 saturated carbocycles. The topological polar surface area (TPSA) is 66.0 Å². The average molecular weight is 486 g/mol. The maximum Gasteiger partial charge on any atom is 0.253 e. The summed E-state index contributed by atoms with van der Waals surface area (Å²) in [4.78, 5) is 18.5. The summed E-state index contributed by atoms with van der Waals surface area (Å²) in [5, 5.41) is 6.83. The highest BCUT2D eigenvalue weighted by Gasteiger charge is 2.41. The van der Waals surface area contributed by atoms with Crippen molar-refractivity contribution in [1.82, 2.24) is 15.5 Å². The Morgan fingerprint density at radius 2 is 1.93 bits per heavy atom. The van der Waals surface area contributed by atoms with Crippen molar-refractivity contribution < 1.29 is 9.53 Å². The van der Waals surface area contributed by atoms with Gasteiger partial charge < -0.3 is 20.3 Å². The first-order valence-electron chi connectivity index (χ1n) is 9.65. The fourth-order valence-corrected chi connectivity index (χ4v) is 3.80. The van der Waals surface area contributed by atoms with Crippen LogP contribution >= 0.6 is 24.0 Å². The highest BCUT2D eigenvalue weighted by atomic mass is 127. The van der Waals surface area contributed by atoms with Gasteiger partial charge in [-0.3, -0.25) is 9.79 Å². The van der Waals surface area contributed by atoms with E-state index in [1.54, 1.807) is 7.05 Å². The SMILES string of the molecule is CCN(CC)C(=O)c1ccc(CNC(=NC)NC2CC3CCC2O3)cc1.I. The molecule has 2 fully saturated rings. The lowest BCUT2D eigenvalue weighted by Gasteiger charge is -2.22. The molecule has 3 unspecified atom stereocenters. The molecule has 0 radical (unpaired) electrons. The second-order valence-corrected chi connectivity index (χ2v) is 6.96. The Morgan fingerprint density at radius 3 is 2.44 bits per heavy atom. The zero-order valence-corrected chi connectivity index (χ0v) is 18.7. The number of ether oxygens (including phenoxy) is 1. The number of guanidine groups is 1. The Labute approximate surface area is 179 Å².